The summed E-state index contributed by atoms with van der Waals surface area (Å²) in [4.78, 5) is 23.6. The summed E-state index contributed by atoms with van der Waals surface area (Å²) in [6.45, 7) is 6.91. The number of aromatic carboxylic acids is 1. The summed E-state index contributed by atoms with van der Waals surface area (Å²) in [6, 6.07) is 5.37. The third-order valence-electron chi connectivity index (χ3n) is 4.68. The van der Waals surface area contributed by atoms with Gasteiger partial charge >= 0.3 is 5.97 Å². The van der Waals surface area contributed by atoms with E-state index in [2.05, 4.69) is 6.92 Å². The highest BCUT2D eigenvalue weighted by Crippen LogP contribution is 2.41. The van der Waals surface area contributed by atoms with E-state index in [0.29, 0.717) is 24.7 Å². The van der Waals surface area contributed by atoms with Crippen molar-refractivity contribution in [2.75, 3.05) is 13.2 Å². The van der Waals surface area contributed by atoms with Crippen molar-refractivity contribution in [2.24, 2.45) is 0 Å². The number of ether oxygens (including phenoxy) is 2. The van der Waals surface area contributed by atoms with Gasteiger partial charge in [0.1, 0.15) is 5.56 Å². The van der Waals surface area contributed by atoms with Crippen LogP contribution in [0.15, 0.2) is 29.2 Å². The number of rotatable bonds is 6. The number of fused-ring (bicyclic) bond motifs is 3. The number of hydrogen-bond acceptors (Lipinski definition) is 4. The quantitative estimate of drug-likeness (QED) is 0.856. The first-order chi connectivity index (χ1) is 12.5. The molecular weight excluding hydrogens is 334 g/mol. The highest BCUT2D eigenvalue weighted by molar-refractivity contribution is 5.87. The van der Waals surface area contributed by atoms with Crippen molar-refractivity contribution in [2.45, 2.75) is 39.7 Å². The van der Waals surface area contributed by atoms with Crippen LogP contribution in [-0.4, -0.2) is 28.9 Å². The number of carboxylic acid groups (broad SMARTS) is 1. The molecule has 0 spiro atoms. The molecule has 0 amide bonds. The molecule has 0 saturated carbocycles. The average Bonchev–Trinajstić information content (AvgIpc) is 2.61. The molecule has 1 aromatic heterocycles. The van der Waals surface area contributed by atoms with E-state index in [1.165, 1.54) is 12.3 Å². The normalized spacial score (nSPS) is 15.1. The van der Waals surface area contributed by atoms with Crippen molar-refractivity contribution in [1.29, 1.82) is 0 Å². The molecule has 0 unspecified atom stereocenters. The molecule has 0 radical (unpaired) electrons. The lowest BCUT2D eigenvalue weighted by Gasteiger charge is -2.31. The summed E-state index contributed by atoms with van der Waals surface area (Å²) < 4.78 is 13.3. The van der Waals surface area contributed by atoms with Gasteiger partial charge < -0.3 is 19.1 Å². The van der Waals surface area contributed by atoms with Gasteiger partial charge in [-0.1, -0.05) is 6.92 Å². The zero-order valence-electron chi connectivity index (χ0n) is 15.2. The van der Waals surface area contributed by atoms with Crippen LogP contribution in [0.5, 0.6) is 11.5 Å². The van der Waals surface area contributed by atoms with E-state index in [-0.39, 0.29) is 11.6 Å². The van der Waals surface area contributed by atoms with Crippen molar-refractivity contribution in [1.82, 2.24) is 4.57 Å². The van der Waals surface area contributed by atoms with E-state index in [1.807, 2.05) is 30.5 Å². The Hall–Kier alpha value is -2.76. The summed E-state index contributed by atoms with van der Waals surface area (Å²) in [5.41, 5.74) is 1.99. The van der Waals surface area contributed by atoms with Gasteiger partial charge in [-0.2, -0.15) is 0 Å². The molecule has 2 aromatic rings. The van der Waals surface area contributed by atoms with Gasteiger partial charge in [-0.3, -0.25) is 4.79 Å². The Kier molecular flexibility index (Phi) is 5.02. The first-order valence-electron chi connectivity index (χ1n) is 8.92. The second kappa shape index (κ2) is 7.23. The first kappa shape index (κ1) is 18.0. The smallest absolute Gasteiger partial charge is 0.341 e. The number of nitrogens with zero attached hydrogens (tertiary/aromatic N) is 1. The van der Waals surface area contributed by atoms with Crippen LogP contribution in [0.1, 0.15) is 49.2 Å². The van der Waals surface area contributed by atoms with Gasteiger partial charge in [-0.25, -0.2) is 4.79 Å². The lowest BCUT2D eigenvalue weighted by atomic mass is 9.90. The third-order valence-corrected chi connectivity index (χ3v) is 4.68. The Morgan fingerprint density at radius 1 is 1.15 bits per heavy atom. The molecule has 2 heterocycles. The Morgan fingerprint density at radius 2 is 1.81 bits per heavy atom. The molecule has 0 fully saturated rings. The second-order valence-electron chi connectivity index (χ2n) is 6.24. The summed E-state index contributed by atoms with van der Waals surface area (Å²) >= 11 is 0. The third kappa shape index (κ3) is 3.07. The monoisotopic (exact) mass is 357 g/mol. The van der Waals surface area contributed by atoms with Crippen molar-refractivity contribution in [3.63, 3.8) is 0 Å². The van der Waals surface area contributed by atoms with E-state index in [4.69, 9.17) is 9.47 Å². The van der Waals surface area contributed by atoms with Gasteiger partial charge in [-0.15, -0.1) is 0 Å². The zero-order chi connectivity index (χ0) is 18.8. The molecule has 1 atom stereocenters. The number of benzene rings is 1. The number of pyridine rings is 1. The van der Waals surface area contributed by atoms with E-state index >= 15 is 0 Å². The Labute approximate surface area is 152 Å². The largest absolute Gasteiger partial charge is 0.490 e. The average molecular weight is 357 g/mol. The zero-order valence-corrected chi connectivity index (χ0v) is 15.2. The highest BCUT2D eigenvalue weighted by Gasteiger charge is 2.26. The molecule has 3 rings (SSSR count). The van der Waals surface area contributed by atoms with Crippen LogP contribution in [0, 0.1) is 0 Å². The van der Waals surface area contributed by atoms with Gasteiger partial charge in [0, 0.05) is 23.9 Å². The van der Waals surface area contributed by atoms with E-state index in [9.17, 15) is 14.7 Å². The van der Waals surface area contributed by atoms with Crippen LogP contribution in [0.3, 0.4) is 0 Å². The van der Waals surface area contributed by atoms with Gasteiger partial charge in [0.15, 0.2) is 16.9 Å². The molecule has 1 aromatic carbocycles. The Bertz CT molecular complexity index is 900. The van der Waals surface area contributed by atoms with Gasteiger partial charge in [0.05, 0.1) is 18.9 Å². The lowest BCUT2D eigenvalue weighted by Crippen LogP contribution is -2.25. The SMILES string of the molecule is CCOc1cc2c(cc1OCC)-c1cc(=O)c(C(=O)O)cn1[C@H](CC)C2. The molecule has 1 aliphatic heterocycles. The number of carboxylic acids is 1. The summed E-state index contributed by atoms with van der Waals surface area (Å²) in [5.74, 6) is 0.123. The number of aromatic nitrogens is 1. The summed E-state index contributed by atoms with van der Waals surface area (Å²) in [6.07, 6.45) is 3.03. The van der Waals surface area contributed by atoms with Gasteiger partial charge in [0.25, 0.3) is 0 Å². The first-order valence-corrected chi connectivity index (χ1v) is 8.92. The minimum Gasteiger partial charge on any atom is -0.490 e. The van der Waals surface area contributed by atoms with E-state index in [0.717, 1.165) is 29.7 Å². The number of carbonyl (C=O) groups is 1. The topological polar surface area (TPSA) is 77.8 Å². The molecular formula is C20H23NO5. The minimum atomic E-state index is -1.20. The predicted octanol–water partition coefficient (Wildman–Crippen LogP) is 3.52. The fraction of sp³-hybridized carbons (Fsp3) is 0.400. The Balaban J connectivity index is 2.24. The van der Waals surface area contributed by atoms with Crippen molar-refractivity contribution in [3.8, 4) is 22.8 Å². The Morgan fingerprint density at radius 3 is 2.38 bits per heavy atom. The maximum Gasteiger partial charge on any atom is 0.341 e. The van der Waals surface area contributed by atoms with Crippen LogP contribution in [-0.2, 0) is 6.42 Å². The van der Waals surface area contributed by atoms with Gasteiger partial charge in [0.2, 0.25) is 0 Å². The molecule has 1 aliphatic rings. The highest BCUT2D eigenvalue weighted by atomic mass is 16.5. The molecule has 6 nitrogen and oxygen atoms in total. The van der Waals surface area contributed by atoms with Gasteiger partial charge in [-0.05, 0) is 44.4 Å². The summed E-state index contributed by atoms with van der Waals surface area (Å²) in [7, 11) is 0. The van der Waals surface area contributed by atoms with Crippen molar-refractivity contribution in [3.05, 3.63) is 45.7 Å². The van der Waals surface area contributed by atoms with E-state index < -0.39 is 11.4 Å². The molecule has 0 aliphatic carbocycles. The van der Waals surface area contributed by atoms with Crippen LogP contribution in [0.2, 0.25) is 0 Å². The maximum absolute atomic E-state index is 12.3. The maximum atomic E-state index is 12.3. The molecule has 6 heteroatoms. The van der Waals surface area contributed by atoms with E-state index in [1.54, 1.807) is 0 Å². The molecule has 1 N–H and O–H groups in total. The van der Waals surface area contributed by atoms with Crippen LogP contribution >= 0.6 is 0 Å². The van der Waals surface area contributed by atoms with Crippen molar-refractivity contribution >= 4 is 5.97 Å². The minimum absolute atomic E-state index is 0.0867. The number of hydrogen-bond donors (Lipinski definition) is 1. The van der Waals surface area contributed by atoms with Crippen LogP contribution in [0.4, 0.5) is 0 Å². The molecule has 0 saturated heterocycles. The fourth-order valence-electron chi connectivity index (χ4n) is 3.47. The van der Waals surface area contributed by atoms with Crippen molar-refractivity contribution < 1.29 is 19.4 Å². The molecule has 26 heavy (non-hydrogen) atoms. The second-order valence-corrected chi connectivity index (χ2v) is 6.24. The molecule has 138 valence electrons. The summed E-state index contributed by atoms with van der Waals surface area (Å²) in [5, 5.41) is 9.28. The predicted molar refractivity (Wildman–Crippen MR) is 98.5 cm³/mol. The standard InChI is InChI=1S/C20H23NO5/c1-4-13-7-12-8-18(25-5-2)19(26-6-3)9-14(12)16-10-17(22)15(20(23)24)11-21(13)16/h8-11,13H,4-7H2,1-3H3,(H,23,24)/t13-/m1/s1. The van der Waals surface area contributed by atoms with Crippen LogP contribution < -0.4 is 14.9 Å². The van der Waals surface area contributed by atoms with Crippen LogP contribution in [0.25, 0.3) is 11.3 Å². The lowest BCUT2D eigenvalue weighted by molar-refractivity contribution is 0.0694. The molecule has 0 bridgehead atoms. The fourth-order valence-corrected chi connectivity index (χ4v) is 3.47.